The molecule has 0 fully saturated rings. The van der Waals surface area contributed by atoms with E-state index in [9.17, 15) is 0 Å². The van der Waals surface area contributed by atoms with Gasteiger partial charge in [0.05, 0.1) is 30.5 Å². The molecule has 0 bridgehead atoms. The lowest BCUT2D eigenvalue weighted by Crippen LogP contribution is -2.14. The first-order valence-electron chi connectivity index (χ1n) is 8.19. The first-order chi connectivity index (χ1) is 12.7. The lowest BCUT2D eigenvalue weighted by atomic mass is 10.1. The van der Waals surface area contributed by atoms with Crippen LogP contribution < -0.4 is 14.3 Å². The molecular formula is C19H21N3O2S2. The Morgan fingerprint density at radius 2 is 1.92 bits per heavy atom. The molecule has 136 valence electrons. The lowest BCUT2D eigenvalue weighted by molar-refractivity contribution is 0.355. The molecule has 0 saturated carbocycles. The molecule has 0 aliphatic carbocycles. The Morgan fingerprint density at radius 3 is 2.54 bits per heavy atom. The molecule has 0 unspecified atom stereocenters. The smallest absolute Gasteiger partial charge is 0.205 e. The molecule has 0 aliphatic heterocycles. The van der Waals surface area contributed by atoms with E-state index in [2.05, 4.69) is 28.7 Å². The number of benzene rings is 1. The summed E-state index contributed by atoms with van der Waals surface area (Å²) >= 11 is 3.28. The zero-order chi connectivity index (χ0) is 18.5. The van der Waals surface area contributed by atoms with Crippen LogP contribution in [0, 0.1) is 0 Å². The van der Waals surface area contributed by atoms with Crippen LogP contribution in [0.2, 0.25) is 0 Å². The van der Waals surface area contributed by atoms with Gasteiger partial charge in [-0.15, -0.1) is 22.7 Å². The fourth-order valence-corrected chi connectivity index (χ4v) is 4.20. The van der Waals surface area contributed by atoms with E-state index >= 15 is 0 Å². The number of thiazole rings is 1. The van der Waals surface area contributed by atoms with Crippen molar-refractivity contribution in [2.75, 3.05) is 21.3 Å². The van der Waals surface area contributed by atoms with Crippen LogP contribution in [0.15, 0.2) is 51.2 Å². The van der Waals surface area contributed by atoms with Crippen LogP contribution >= 0.6 is 22.7 Å². The summed E-state index contributed by atoms with van der Waals surface area (Å²) in [4.78, 5) is 6.41. The van der Waals surface area contributed by atoms with Crippen LogP contribution in [0.5, 0.6) is 11.5 Å². The van der Waals surface area contributed by atoms with Gasteiger partial charge < -0.3 is 9.47 Å². The van der Waals surface area contributed by atoms with Crippen LogP contribution in [0.4, 0.5) is 0 Å². The quantitative estimate of drug-likeness (QED) is 0.585. The zero-order valence-corrected chi connectivity index (χ0v) is 16.9. The Morgan fingerprint density at radius 1 is 1.12 bits per heavy atom. The van der Waals surface area contributed by atoms with E-state index in [1.54, 1.807) is 43.9 Å². The summed E-state index contributed by atoms with van der Waals surface area (Å²) in [6.07, 6.45) is 0.783. The van der Waals surface area contributed by atoms with E-state index in [0.717, 1.165) is 28.2 Å². The Hall–Kier alpha value is -2.38. The Balaban J connectivity index is 2.12. The van der Waals surface area contributed by atoms with Crippen molar-refractivity contribution in [2.24, 2.45) is 10.1 Å². The monoisotopic (exact) mass is 387 g/mol. The summed E-state index contributed by atoms with van der Waals surface area (Å²) in [7, 11) is 5.06. The second-order valence-corrected chi connectivity index (χ2v) is 7.17. The highest BCUT2D eigenvalue weighted by Crippen LogP contribution is 2.29. The summed E-state index contributed by atoms with van der Waals surface area (Å²) in [5, 5.41) is 9.09. The van der Waals surface area contributed by atoms with Crippen molar-refractivity contribution in [3.63, 3.8) is 0 Å². The van der Waals surface area contributed by atoms with Crippen molar-refractivity contribution in [3.8, 4) is 22.1 Å². The highest BCUT2D eigenvalue weighted by molar-refractivity contribution is 7.14. The normalized spacial score (nSPS) is 12.5. The van der Waals surface area contributed by atoms with Crippen LogP contribution in [-0.2, 0) is 0 Å². The van der Waals surface area contributed by atoms with Gasteiger partial charge in [-0.2, -0.15) is 5.10 Å². The van der Waals surface area contributed by atoms with Gasteiger partial charge in [0.25, 0.3) is 0 Å². The Labute approximate surface area is 160 Å². The average Bonchev–Trinajstić information content (AvgIpc) is 3.34. The third-order valence-corrected chi connectivity index (χ3v) is 5.72. The van der Waals surface area contributed by atoms with E-state index in [-0.39, 0.29) is 0 Å². The standard InChI is InChI=1S/C19H21N3O2S2/c1-5-14(13-8-9-16(23-3)17(11-13)24-4)21-22-15(12-26-19(22)20-2)18-7-6-10-25-18/h6-12H,5H2,1-4H3. The van der Waals surface area contributed by atoms with Gasteiger partial charge in [-0.25, -0.2) is 4.68 Å². The second kappa shape index (κ2) is 8.33. The fraction of sp³-hybridized carbons (Fsp3) is 0.263. The maximum atomic E-state index is 5.43. The molecule has 3 rings (SSSR count). The van der Waals surface area contributed by atoms with Gasteiger partial charge in [0.2, 0.25) is 4.80 Å². The minimum atomic E-state index is 0.695. The molecule has 0 spiro atoms. The molecule has 2 aromatic heterocycles. The van der Waals surface area contributed by atoms with Crippen LogP contribution in [0.3, 0.4) is 0 Å². The SMILES string of the molecule is CCC(=Nn1c(-c2cccs2)csc1=NC)c1ccc(OC)c(OC)c1. The minimum Gasteiger partial charge on any atom is -0.493 e. The number of ether oxygens (including phenoxy) is 2. The van der Waals surface area contributed by atoms with E-state index < -0.39 is 0 Å². The molecule has 7 heteroatoms. The van der Waals surface area contributed by atoms with Crippen molar-refractivity contribution >= 4 is 28.4 Å². The molecule has 0 atom stereocenters. The van der Waals surface area contributed by atoms with Gasteiger partial charge >= 0.3 is 0 Å². The molecule has 0 saturated heterocycles. The Bertz CT molecular complexity index is 969. The predicted molar refractivity (Wildman–Crippen MR) is 109 cm³/mol. The van der Waals surface area contributed by atoms with E-state index in [4.69, 9.17) is 14.6 Å². The van der Waals surface area contributed by atoms with Gasteiger partial charge in [-0.3, -0.25) is 4.99 Å². The predicted octanol–water partition coefficient (Wildman–Crippen LogP) is 4.49. The minimum absolute atomic E-state index is 0.695. The van der Waals surface area contributed by atoms with Crippen molar-refractivity contribution in [3.05, 3.63) is 51.5 Å². The summed E-state index contributed by atoms with van der Waals surface area (Å²) in [6.45, 7) is 2.09. The Kier molecular flexibility index (Phi) is 5.90. The summed E-state index contributed by atoms with van der Waals surface area (Å²) < 4.78 is 12.7. The van der Waals surface area contributed by atoms with E-state index in [1.807, 2.05) is 28.9 Å². The third-order valence-electron chi connectivity index (χ3n) is 3.92. The molecule has 2 heterocycles. The average molecular weight is 388 g/mol. The number of rotatable bonds is 6. The molecule has 5 nitrogen and oxygen atoms in total. The number of methoxy groups -OCH3 is 2. The van der Waals surface area contributed by atoms with Gasteiger partial charge in [0.1, 0.15) is 0 Å². The molecule has 0 N–H and O–H groups in total. The largest absolute Gasteiger partial charge is 0.493 e. The van der Waals surface area contributed by atoms with E-state index in [0.29, 0.717) is 11.5 Å². The fourth-order valence-electron chi connectivity index (χ4n) is 2.61. The molecule has 3 aromatic rings. The van der Waals surface area contributed by atoms with Crippen LogP contribution in [0.1, 0.15) is 18.9 Å². The van der Waals surface area contributed by atoms with Crippen molar-refractivity contribution < 1.29 is 9.47 Å². The van der Waals surface area contributed by atoms with Crippen LogP contribution in [-0.4, -0.2) is 31.7 Å². The summed E-state index contributed by atoms with van der Waals surface area (Å²) in [6, 6.07) is 10.0. The highest BCUT2D eigenvalue weighted by Gasteiger charge is 2.12. The maximum Gasteiger partial charge on any atom is 0.205 e. The molecule has 26 heavy (non-hydrogen) atoms. The summed E-state index contributed by atoms with van der Waals surface area (Å²) in [5.74, 6) is 1.40. The van der Waals surface area contributed by atoms with Gasteiger partial charge in [-0.1, -0.05) is 13.0 Å². The molecule has 0 aliphatic rings. The van der Waals surface area contributed by atoms with Gasteiger partial charge in [0, 0.05) is 18.0 Å². The van der Waals surface area contributed by atoms with Crippen molar-refractivity contribution in [1.82, 2.24) is 4.68 Å². The molecular weight excluding hydrogens is 366 g/mol. The summed E-state index contributed by atoms with van der Waals surface area (Å²) in [5.41, 5.74) is 3.01. The number of hydrogen-bond acceptors (Lipinski definition) is 6. The lowest BCUT2D eigenvalue weighted by Gasteiger charge is -2.11. The second-order valence-electron chi connectivity index (χ2n) is 5.39. The number of nitrogens with zero attached hydrogens (tertiary/aromatic N) is 3. The number of thiophene rings is 1. The molecule has 1 aromatic carbocycles. The molecule has 0 amide bonds. The first-order valence-corrected chi connectivity index (χ1v) is 9.95. The van der Waals surface area contributed by atoms with Crippen molar-refractivity contribution in [2.45, 2.75) is 13.3 Å². The van der Waals surface area contributed by atoms with Gasteiger partial charge in [0.15, 0.2) is 11.5 Å². The maximum absolute atomic E-state index is 5.43. The topological polar surface area (TPSA) is 48.1 Å². The number of hydrogen-bond donors (Lipinski definition) is 0. The zero-order valence-electron chi connectivity index (χ0n) is 15.2. The van der Waals surface area contributed by atoms with Crippen molar-refractivity contribution in [1.29, 1.82) is 0 Å². The van der Waals surface area contributed by atoms with E-state index in [1.165, 1.54) is 4.88 Å². The van der Waals surface area contributed by atoms with Crippen LogP contribution in [0.25, 0.3) is 10.6 Å². The van der Waals surface area contributed by atoms with Gasteiger partial charge in [-0.05, 0) is 36.1 Å². The molecule has 0 radical (unpaired) electrons. The number of aromatic nitrogens is 1. The highest BCUT2D eigenvalue weighted by atomic mass is 32.1. The first kappa shape index (κ1) is 18.4. The third kappa shape index (κ3) is 3.59.